The maximum Gasteiger partial charge on any atom is 0.251 e. The predicted octanol–water partition coefficient (Wildman–Crippen LogP) is 3.61. The average molecular weight is 610 g/mol. The van der Waals surface area contributed by atoms with Crippen LogP contribution in [0.5, 0.6) is 0 Å². The summed E-state index contributed by atoms with van der Waals surface area (Å²) < 4.78 is 5.67. The highest BCUT2D eigenvalue weighted by Gasteiger charge is 2.27. The molecule has 45 heavy (non-hydrogen) atoms. The number of amides is 1. The zero-order valence-electron chi connectivity index (χ0n) is 26.3. The Morgan fingerprint density at radius 3 is 2.31 bits per heavy atom. The van der Waals surface area contributed by atoms with E-state index < -0.39 is 0 Å². The van der Waals surface area contributed by atoms with E-state index in [0.717, 1.165) is 74.1 Å². The topological polar surface area (TPSA) is 103 Å². The van der Waals surface area contributed by atoms with Crippen LogP contribution in [0, 0.1) is 0 Å². The van der Waals surface area contributed by atoms with Gasteiger partial charge in [-0.2, -0.15) is 4.98 Å². The van der Waals surface area contributed by atoms with Crippen LogP contribution in [0.25, 0.3) is 11.0 Å². The number of piperidine rings is 1. The Labute approximate surface area is 265 Å². The number of ether oxygens (including phenoxy) is 1. The Bertz CT molecular complexity index is 1540. The molecule has 2 aromatic carbocycles. The molecule has 0 unspecified atom stereocenters. The molecule has 6 rings (SSSR count). The number of morpholine rings is 1. The smallest absolute Gasteiger partial charge is 0.251 e. The number of nitrogens with zero attached hydrogens (tertiary/aromatic N) is 8. The second-order valence-electron chi connectivity index (χ2n) is 11.9. The van der Waals surface area contributed by atoms with Crippen molar-refractivity contribution in [3.8, 4) is 0 Å². The number of anilines is 3. The molecule has 0 aliphatic carbocycles. The molecule has 11 nitrogen and oxygen atoms in total. The molecule has 0 atom stereocenters. The van der Waals surface area contributed by atoms with Crippen molar-refractivity contribution in [2.24, 2.45) is 0 Å². The van der Waals surface area contributed by atoms with Crippen molar-refractivity contribution < 1.29 is 9.53 Å². The van der Waals surface area contributed by atoms with Crippen LogP contribution in [0.4, 0.5) is 17.6 Å². The summed E-state index contributed by atoms with van der Waals surface area (Å²) in [5.41, 5.74) is 3.34. The quantitative estimate of drug-likeness (QED) is 0.254. The molecular weight excluding hydrogens is 566 g/mol. The third-order valence-electron chi connectivity index (χ3n) is 8.66. The highest BCUT2D eigenvalue weighted by molar-refractivity contribution is 5.94. The van der Waals surface area contributed by atoms with Crippen molar-refractivity contribution in [3.63, 3.8) is 0 Å². The van der Waals surface area contributed by atoms with Gasteiger partial charge in [0.1, 0.15) is 17.4 Å². The molecule has 0 radical (unpaired) electrons. The number of carbonyl (C=O) groups is 1. The lowest BCUT2D eigenvalue weighted by atomic mass is 10.0. The summed E-state index contributed by atoms with van der Waals surface area (Å²) in [5, 5.41) is 3.07. The number of benzene rings is 2. The van der Waals surface area contributed by atoms with Gasteiger partial charge in [-0.25, -0.2) is 15.0 Å². The van der Waals surface area contributed by atoms with Gasteiger partial charge in [0, 0.05) is 57.4 Å². The van der Waals surface area contributed by atoms with Crippen LogP contribution in [0.2, 0.25) is 0 Å². The molecule has 4 heterocycles. The molecule has 1 amide bonds. The summed E-state index contributed by atoms with van der Waals surface area (Å²) in [6.45, 7) is 6.48. The molecule has 2 aromatic heterocycles. The molecule has 236 valence electrons. The summed E-state index contributed by atoms with van der Waals surface area (Å²) in [5.74, 6) is 2.28. The van der Waals surface area contributed by atoms with Crippen molar-refractivity contribution in [1.82, 2.24) is 30.2 Å². The van der Waals surface area contributed by atoms with Crippen LogP contribution < -0.4 is 20.0 Å². The number of rotatable bonds is 11. The van der Waals surface area contributed by atoms with Crippen LogP contribution in [0.1, 0.15) is 35.2 Å². The Hall–Kier alpha value is -4.35. The van der Waals surface area contributed by atoms with E-state index in [1.165, 1.54) is 5.56 Å². The van der Waals surface area contributed by atoms with E-state index in [9.17, 15) is 4.79 Å². The van der Waals surface area contributed by atoms with E-state index in [2.05, 4.69) is 63.3 Å². The first-order valence-electron chi connectivity index (χ1n) is 16.0. The molecule has 2 fully saturated rings. The van der Waals surface area contributed by atoms with Gasteiger partial charge in [0.2, 0.25) is 5.95 Å². The van der Waals surface area contributed by atoms with Crippen LogP contribution in [-0.4, -0.2) is 103 Å². The first kappa shape index (κ1) is 30.7. The molecule has 0 spiro atoms. The lowest BCUT2D eigenvalue weighted by Crippen LogP contribution is -2.43. The minimum absolute atomic E-state index is 0.0664. The van der Waals surface area contributed by atoms with Crippen molar-refractivity contribution >= 4 is 34.5 Å². The van der Waals surface area contributed by atoms with Gasteiger partial charge in [-0.3, -0.25) is 4.79 Å². The van der Waals surface area contributed by atoms with E-state index in [1.54, 1.807) is 6.33 Å². The summed E-state index contributed by atoms with van der Waals surface area (Å²) in [6, 6.07) is 20.3. The standard InChI is InChI=1S/C34H43N9O2/c1-40(2)28-14-18-42(19-15-28)34-38-30-29(32(39-34)41-20-22-45-23-21-41)36-25-37-31(30)43(24-26-10-5-3-6-11-26)17-9-16-35-33(44)27-12-7-4-8-13-27/h3-8,10-13,25,28H,9,14-24H2,1-2H3,(H,35,44). The van der Waals surface area contributed by atoms with Gasteiger partial charge in [-0.05, 0) is 51.1 Å². The van der Waals surface area contributed by atoms with Crippen LogP contribution in [-0.2, 0) is 11.3 Å². The number of fused-ring (bicyclic) bond motifs is 1. The number of carbonyl (C=O) groups excluding carboxylic acids is 1. The number of nitrogens with one attached hydrogen (secondary N) is 1. The van der Waals surface area contributed by atoms with Gasteiger partial charge in [-0.1, -0.05) is 48.5 Å². The first-order valence-corrected chi connectivity index (χ1v) is 16.0. The maximum absolute atomic E-state index is 12.7. The normalized spacial score (nSPS) is 15.9. The highest BCUT2D eigenvalue weighted by Crippen LogP contribution is 2.32. The molecular formula is C34H43N9O2. The fraction of sp³-hybridized carbons (Fsp3) is 0.441. The fourth-order valence-corrected chi connectivity index (χ4v) is 6.09. The van der Waals surface area contributed by atoms with Crippen molar-refractivity contribution in [2.45, 2.75) is 31.8 Å². The van der Waals surface area contributed by atoms with Crippen LogP contribution >= 0.6 is 0 Å². The molecule has 2 saturated heterocycles. The molecule has 2 aliphatic rings. The zero-order chi connectivity index (χ0) is 31.0. The summed E-state index contributed by atoms with van der Waals surface area (Å²) >= 11 is 0. The van der Waals surface area contributed by atoms with Gasteiger partial charge in [0.25, 0.3) is 5.91 Å². The third kappa shape index (κ3) is 7.49. The predicted molar refractivity (Wildman–Crippen MR) is 178 cm³/mol. The van der Waals surface area contributed by atoms with Gasteiger partial charge in [0.05, 0.1) is 13.2 Å². The number of hydrogen-bond acceptors (Lipinski definition) is 10. The van der Waals surface area contributed by atoms with Gasteiger partial charge >= 0.3 is 0 Å². The lowest BCUT2D eigenvalue weighted by Gasteiger charge is -2.36. The Morgan fingerprint density at radius 2 is 1.60 bits per heavy atom. The SMILES string of the molecule is CN(C)C1CCN(c2nc(N3CCOCC3)c3ncnc(N(CCCNC(=O)c4ccccc4)Cc4ccccc4)c3n2)CC1. The van der Waals surface area contributed by atoms with Crippen LogP contribution in [0.3, 0.4) is 0 Å². The fourth-order valence-electron chi connectivity index (χ4n) is 6.09. The molecule has 0 bridgehead atoms. The second-order valence-corrected chi connectivity index (χ2v) is 11.9. The average Bonchev–Trinajstić information content (AvgIpc) is 3.10. The third-order valence-corrected chi connectivity index (χ3v) is 8.66. The minimum atomic E-state index is -0.0664. The van der Waals surface area contributed by atoms with Gasteiger partial charge in [-0.15, -0.1) is 0 Å². The summed E-state index contributed by atoms with van der Waals surface area (Å²) in [4.78, 5) is 41.7. The van der Waals surface area contributed by atoms with Gasteiger partial charge in [0.15, 0.2) is 11.6 Å². The highest BCUT2D eigenvalue weighted by atomic mass is 16.5. The van der Waals surface area contributed by atoms with Crippen molar-refractivity contribution in [1.29, 1.82) is 0 Å². The number of hydrogen-bond donors (Lipinski definition) is 1. The summed E-state index contributed by atoms with van der Waals surface area (Å²) in [6.07, 6.45) is 4.49. The van der Waals surface area contributed by atoms with E-state index in [0.29, 0.717) is 44.5 Å². The van der Waals surface area contributed by atoms with Crippen molar-refractivity contribution in [2.75, 3.05) is 81.3 Å². The largest absolute Gasteiger partial charge is 0.378 e. The number of aromatic nitrogens is 4. The zero-order valence-corrected chi connectivity index (χ0v) is 26.3. The van der Waals surface area contributed by atoms with E-state index in [1.807, 2.05) is 36.4 Å². The van der Waals surface area contributed by atoms with Gasteiger partial charge < -0.3 is 29.7 Å². The Kier molecular flexibility index (Phi) is 9.96. The monoisotopic (exact) mass is 609 g/mol. The molecule has 4 aromatic rings. The Morgan fingerprint density at radius 1 is 0.889 bits per heavy atom. The van der Waals surface area contributed by atoms with Crippen LogP contribution in [0.15, 0.2) is 67.0 Å². The summed E-state index contributed by atoms with van der Waals surface area (Å²) in [7, 11) is 4.31. The maximum atomic E-state index is 12.7. The minimum Gasteiger partial charge on any atom is -0.378 e. The first-order chi connectivity index (χ1) is 22.1. The molecule has 11 heteroatoms. The van der Waals surface area contributed by atoms with E-state index >= 15 is 0 Å². The molecule has 0 saturated carbocycles. The van der Waals surface area contributed by atoms with E-state index in [-0.39, 0.29) is 5.91 Å². The molecule has 1 N–H and O–H groups in total. The van der Waals surface area contributed by atoms with Crippen molar-refractivity contribution in [3.05, 3.63) is 78.1 Å². The second kappa shape index (κ2) is 14.6. The van der Waals surface area contributed by atoms with E-state index in [4.69, 9.17) is 24.7 Å². The molecule has 2 aliphatic heterocycles. The lowest BCUT2D eigenvalue weighted by molar-refractivity contribution is 0.0953. The Balaban J connectivity index is 1.32.